The lowest BCUT2D eigenvalue weighted by atomic mass is 10.4. The molecule has 1 heterocycles. The fraction of sp³-hybridized carbons (Fsp3) is 0.556. The molecule has 14 heavy (non-hydrogen) atoms. The molecule has 0 aliphatic carbocycles. The van der Waals surface area contributed by atoms with E-state index in [0.29, 0.717) is 12.5 Å². The van der Waals surface area contributed by atoms with Crippen LogP contribution in [0.25, 0.3) is 0 Å². The van der Waals surface area contributed by atoms with Crippen LogP contribution < -0.4 is 10.6 Å². The first-order valence-corrected chi connectivity index (χ1v) is 4.66. The van der Waals surface area contributed by atoms with E-state index in [1.165, 1.54) is 0 Å². The summed E-state index contributed by atoms with van der Waals surface area (Å²) < 4.78 is 13.2. The van der Waals surface area contributed by atoms with Gasteiger partial charge >= 0.3 is 0 Å². The third kappa shape index (κ3) is 2.83. The summed E-state index contributed by atoms with van der Waals surface area (Å²) in [6, 6.07) is 0.147. The maximum absolute atomic E-state index is 13.2. The predicted octanol–water partition coefficient (Wildman–Crippen LogP) is 1.87. The molecule has 5 heteroatoms. The molecule has 0 saturated carbocycles. The van der Waals surface area contributed by atoms with Crippen molar-refractivity contribution in [1.82, 2.24) is 9.97 Å². The normalized spacial score (nSPS) is 10.4. The molecule has 0 spiro atoms. The maximum Gasteiger partial charge on any atom is 0.224 e. The summed E-state index contributed by atoms with van der Waals surface area (Å²) in [5, 5.41) is 5.83. The van der Waals surface area contributed by atoms with Crippen LogP contribution in [0, 0.1) is 5.82 Å². The van der Waals surface area contributed by atoms with Gasteiger partial charge in [-0.2, -0.15) is 4.98 Å². The number of hydrogen-bond acceptors (Lipinski definition) is 4. The Morgan fingerprint density at radius 3 is 2.79 bits per heavy atom. The van der Waals surface area contributed by atoms with Gasteiger partial charge in [-0.15, -0.1) is 0 Å². The van der Waals surface area contributed by atoms with E-state index in [1.54, 1.807) is 0 Å². The van der Waals surface area contributed by atoms with Crippen LogP contribution in [0.2, 0.25) is 0 Å². The minimum absolute atomic E-state index is 0.147. The summed E-state index contributed by atoms with van der Waals surface area (Å²) in [4.78, 5) is 7.79. The zero-order valence-electron chi connectivity index (χ0n) is 8.63. The molecule has 0 aromatic carbocycles. The molecule has 0 bridgehead atoms. The van der Waals surface area contributed by atoms with Crippen molar-refractivity contribution in [2.45, 2.75) is 26.8 Å². The number of nitrogens with one attached hydrogen (secondary N) is 2. The molecule has 0 atom stereocenters. The van der Waals surface area contributed by atoms with E-state index in [9.17, 15) is 4.39 Å². The molecule has 2 N–H and O–H groups in total. The smallest absolute Gasteiger partial charge is 0.224 e. The molecule has 1 aromatic heterocycles. The third-order valence-corrected chi connectivity index (χ3v) is 1.50. The highest BCUT2D eigenvalue weighted by atomic mass is 19.1. The Morgan fingerprint density at radius 2 is 2.21 bits per heavy atom. The van der Waals surface area contributed by atoms with Gasteiger partial charge < -0.3 is 10.6 Å². The topological polar surface area (TPSA) is 49.8 Å². The lowest BCUT2D eigenvalue weighted by Crippen LogP contribution is -2.14. The second-order valence-electron chi connectivity index (χ2n) is 3.22. The Hall–Kier alpha value is -1.39. The number of rotatable bonds is 4. The van der Waals surface area contributed by atoms with Gasteiger partial charge in [0.05, 0.1) is 6.20 Å². The molecule has 0 radical (unpaired) electrons. The minimum atomic E-state index is -0.430. The van der Waals surface area contributed by atoms with Crippen LogP contribution in [-0.2, 0) is 0 Å². The first-order chi connectivity index (χ1) is 6.63. The molecule has 0 aliphatic heterocycles. The lowest BCUT2D eigenvalue weighted by molar-refractivity contribution is 0.614. The van der Waals surface area contributed by atoms with Gasteiger partial charge in [0.25, 0.3) is 0 Å². The first kappa shape index (κ1) is 10.7. The van der Waals surface area contributed by atoms with Crippen molar-refractivity contribution >= 4 is 11.8 Å². The van der Waals surface area contributed by atoms with Crippen LogP contribution in [0.3, 0.4) is 0 Å². The largest absolute Gasteiger partial charge is 0.365 e. The Labute approximate surface area is 83.0 Å². The van der Waals surface area contributed by atoms with Crippen molar-refractivity contribution < 1.29 is 4.39 Å². The van der Waals surface area contributed by atoms with Crippen molar-refractivity contribution in [1.29, 1.82) is 0 Å². The first-order valence-electron chi connectivity index (χ1n) is 4.66. The van der Waals surface area contributed by atoms with E-state index >= 15 is 0 Å². The second-order valence-corrected chi connectivity index (χ2v) is 3.22. The summed E-state index contributed by atoms with van der Waals surface area (Å²) >= 11 is 0. The quantitative estimate of drug-likeness (QED) is 0.775. The molecular formula is C9H15FN4. The number of aromatic nitrogens is 2. The summed E-state index contributed by atoms with van der Waals surface area (Å²) in [6.45, 7) is 6.50. The van der Waals surface area contributed by atoms with E-state index < -0.39 is 5.82 Å². The van der Waals surface area contributed by atoms with Crippen molar-refractivity contribution in [2.75, 3.05) is 17.2 Å². The van der Waals surface area contributed by atoms with E-state index in [4.69, 9.17) is 0 Å². The number of halogens is 1. The van der Waals surface area contributed by atoms with E-state index in [1.807, 2.05) is 20.8 Å². The highest BCUT2D eigenvalue weighted by Gasteiger charge is 2.06. The molecule has 0 saturated heterocycles. The van der Waals surface area contributed by atoms with Gasteiger partial charge in [-0.05, 0) is 20.8 Å². The van der Waals surface area contributed by atoms with Crippen LogP contribution in [-0.4, -0.2) is 22.6 Å². The molecular weight excluding hydrogens is 183 g/mol. The zero-order valence-corrected chi connectivity index (χ0v) is 8.63. The average molecular weight is 198 g/mol. The number of hydrogen-bond donors (Lipinski definition) is 2. The highest BCUT2D eigenvalue weighted by Crippen LogP contribution is 2.12. The average Bonchev–Trinajstić information content (AvgIpc) is 2.10. The van der Waals surface area contributed by atoms with Crippen molar-refractivity contribution in [3.63, 3.8) is 0 Å². The molecule has 78 valence electrons. The molecule has 0 unspecified atom stereocenters. The van der Waals surface area contributed by atoms with Crippen LogP contribution in [0.1, 0.15) is 20.8 Å². The zero-order chi connectivity index (χ0) is 10.6. The monoisotopic (exact) mass is 198 g/mol. The van der Waals surface area contributed by atoms with Gasteiger partial charge in [-0.25, -0.2) is 9.37 Å². The van der Waals surface area contributed by atoms with E-state index in [0.717, 1.165) is 6.20 Å². The fourth-order valence-electron chi connectivity index (χ4n) is 0.985. The van der Waals surface area contributed by atoms with Crippen molar-refractivity contribution in [3.8, 4) is 0 Å². The molecule has 0 fully saturated rings. The Balaban J connectivity index is 2.84. The summed E-state index contributed by atoms with van der Waals surface area (Å²) in [7, 11) is 0. The lowest BCUT2D eigenvalue weighted by Gasteiger charge is -2.10. The maximum atomic E-state index is 13.2. The van der Waals surface area contributed by atoms with Gasteiger partial charge in [0.2, 0.25) is 5.95 Å². The van der Waals surface area contributed by atoms with Crippen LogP contribution in [0.15, 0.2) is 6.20 Å². The third-order valence-electron chi connectivity index (χ3n) is 1.50. The Kier molecular flexibility index (Phi) is 3.62. The van der Waals surface area contributed by atoms with Gasteiger partial charge in [0.1, 0.15) is 0 Å². The van der Waals surface area contributed by atoms with E-state index in [-0.39, 0.29) is 11.9 Å². The van der Waals surface area contributed by atoms with Gasteiger partial charge in [0, 0.05) is 12.6 Å². The second kappa shape index (κ2) is 4.74. The highest BCUT2D eigenvalue weighted by molar-refractivity contribution is 5.41. The molecule has 0 aliphatic rings. The minimum Gasteiger partial charge on any atom is -0.365 e. The summed E-state index contributed by atoms with van der Waals surface area (Å²) in [5.41, 5.74) is 0. The molecule has 1 rings (SSSR count). The van der Waals surface area contributed by atoms with Gasteiger partial charge in [-0.1, -0.05) is 0 Å². The van der Waals surface area contributed by atoms with Crippen molar-refractivity contribution in [3.05, 3.63) is 12.0 Å². The predicted molar refractivity (Wildman–Crippen MR) is 54.9 cm³/mol. The van der Waals surface area contributed by atoms with Crippen LogP contribution in [0.4, 0.5) is 16.2 Å². The fourth-order valence-corrected chi connectivity index (χ4v) is 0.985. The summed E-state index contributed by atoms with van der Waals surface area (Å²) in [5.74, 6) is 0.253. The molecule has 1 aromatic rings. The number of nitrogens with zero attached hydrogens (tertiary/aromatic N) is 2. The summed E-state index contributed by atoms with van der Waals surface area (Å²) in [6.07, 6.45) is 1.16. The SMILES string of the molecule is CCNc1ncc(F)c(NC(C)C)n1. The Morgan fingerprint density at radius 1 is 1.50 bits per heavy atom. The van der Waals surface area contributed by atoms with E-state index in [2.05, 4.69) is 20.6 Å². The van der Waals surface area contributed by atoms with Gasteiger partial charge in [-0.3, -0.25) is 0 Å². The van der Waals surface area contributed by atoms with Gasteiger partial charge in [0.15, 0.2) is 11.6 Å². The van der Waals surface area contributed by atoms with Crippen molar-refractivity contribution in [2.24, 2.45) is 0 Å². The molecule has 0 amide bonds. The van der Waals surface area contributed by atoms with Crippen LogP contribution >= 0.6 is 0 Å². The molecule has 4 nitrogen and oxygen atoms in total. The van der Waals surface area contributed by atoms with Crippen LogP contribution in [0.5, 0.6) is 0 Å². The standard InChI is InChI=1S/C9H15FN4/c1-4-11-9-12-5-7(10)8(14-9)13-6(2)3/h5-6H,4H2,1-3H3,(H2,11,12,13,14). The Bertz CT molecular complexity index is 301. The number of anilines is 2.